The van der Waals surface area contributed by atoms with Crippen molar-refractivity contribution in [2.24, 2.45) is 0 Å². The minimum absolute atomic E-state index is 0.0607. The fourth-order valence-corrected chi connectivity index (χ4v) is 2.30. The highest BCUT2D eigenvalue weighted by Crippen LogP contribution is 2.23. The summed E-state index contributed by atoms with van der Waals surface area (Å²) in [4.78, 5) is 14.2. The molecular formula is C11H13N3O5S. The molecule has 2 aromatic rings. The monoisotopic (exact) mass is 299 g/mol. The maximum Gasteiger partial charge on any atom is 0.295 e. The van der Waals surface area contributed by atoms with Gasteiger partial charge in [-0.3, -0.25) is 10.1 Å². The molecule has 0 fully saturated rings. The highest BCUT2D eigenvalue weighted by atomic mass is 32.2. The summed E-state index contributed by atoms with van der Waals surface area (Å²) in [6.07, 6.45) is 1.60. The number of nitro groups is 1. The average Bonchev–Trinajstić information content (AvgIpc) is 2.75. The van der Waals surface area contributed by atoms with Crippen LogP contribution in [-0.4, -0.2) is 36.9 Å². The minimum atomic E-state index is -2.98. The second kappa shape index (κ2) is 5.45. The summed E-state index contributed by atoms with van der Waals surface area (Å²) >= 11 is 0. The fourth-order valence-electron chi connectivity index (χ4n) is 1.63. The van der Waals surface area contributed by atoms with E-state index in [4.69, 9.17) is 4.42 Å². The minimum Gasteiger partial charge on any atom is -0.424 e. The molecule has 0 aliphatic heterocycles. The lowest BCUT2D eigenvalue weighted by Gasteiger charge is -1.99. The van der Waals surface area contributed by atoms with E-state index in [1.807, 2.05) is 0 Å². The fraction of sp³-hybridized carbons (Fsp3) is 0.364. The lowest BCUT2D eigenvalue weighted by atomic mass is 10.3. The number of hydrogen-bond donors (Lipinski definition) is 1. The SMILES string of the molecule is CS(=O)(=O)CCCNc1nc2cc([N+](=O)[O-])ccc2o1. The van der Waals surface area contributed by atoms with Gasteiger partial charge in [-0.1, -0.05) is 0 Å². The number of nitrogens with zero attached hydrogens (tertiary/aromatic N) is 2. The van der Waals surface area contributed by atoms with Gasteiger partial charge in [0.2, 0.25) is 0 Å². The summed E-state index contributed by atoms with van der Waals surface area (Å²) in [7, 11) is -2.98. The number of nitrogens with one attached hydrogen (secondary N) is 1. The van der Waals surface area contributed by atoms with Gasteiger partial charge in [-0.25, -0.2) is 8.42 Å². The maximum atomic E-state index is 11.0. The molecule has 9 heteroatoms. The Balaban J connectivity index is 2.03. The molecule has 0 unspecified atom stereocenters. The molecule has 1 N–H and O–H groups in total. The summed E-state index contributed by atoms with van der Waals surface area (Å²) in [6.45, 7) is 0.391. The van der Waals surface area contributed by atoms with Crippen molar-refractivity contribution in [3.8, 4) is 0 Å². The maximum absolute atomic E-state index is 11.0. The van der Waals surface area contributed by atoms with Crippen molar-refractivity contribution in [3.05, 3.63) is 28.3 Å². The first-order chi connectivity index (χ1) is 9.35. The number of anilines is 1. The van der Waals surface area contributed by atoms with E-state index in [1.54, 1.807) is 0 Å². The van der Waals surface area contributed by atoms with E-state index in [9.17, 15) is 18.5 Å². The Labute approximate surface area is 114 Å². The highest BCUT2D eigenvalue weighted by Gasteiger charge is 2.11. The number of benzene rings is 1. The first-order valence-electron chi connectivity index (χ1n) is 5.82. The van der Waals surface area contributed by atoms with Gasteiger partial charge in [-0.2, -0.15) is 4.98 Å². The third-order valence-corrected chi connectivity index (χ3v) is 3.58. The number of non-ortho nitro benzene ring substituents is 1. The number of aromatic nitrogens is 1. The molecule has 2 rings (SSSR count). The molecule has 1 aromatic heterocycles. The van der Waals surface area contributed by atoms with Gasteiger partial charge in [-0.15, -0.1) is 0 Å². The van der Waals surface area contributed by atoms with E-state index < -0.39 is 14.8 Å². The molecular weight excluding hydrogens is 286 g/mol. The highest BCUT2D eigenvalue weighted by molar-refractivity contribution is 7.90. The van der Waals surface area contributed by atoms with Gasteiger partial charge in [0.25, 0.3) is 11.7 Å². The summed E-state index contributed by atoms with van der Waals surface area (Å²) in [5.41, 5.74) is 0.750. The molecule has 8 nitrogen and oxygen atoms in total. The van der Waals surface area contributed by atoms with E-state index in [0.29, 0.717) is 24.1 Å². The van der Waals surface area contributed by atoms with E-state index in [0.717, 1.165) is 0 Å². The van der Waals surface area contributed by atoms with Crippen LogP contribution in [0.15, 0.2) is 22.6 Å². The second-order valence-corrected chi connectivity index (χ2v) is 6.60. The van der Waals surface area contributed by atoms with Gasteiger partial charge in [0, 0.05) is 24.9 Å². The number of rotatable bonds is 6. The van der Waals surface area contributed by atoms with E-state index >= 15 is 0 Å². The molecule has 1 aromatic carbocycles. The standard InChI is InChI=1S/C11H13N3O5S/c1-20(17,18)6-2-5-12-11-13-9-7-8(14(15)16)3-4-10(9)19-11/h3-4,7H,2,5-6H2,1H3,(H,12,13). The van der Waals surface area contributed by atoms with Crippen LogP contribution in [0.5, 0.6) is 0 Å². The Kier molecular flexibility index (Phi) is 3.89. The van der Waals surface area contributed by atoms with E-state index in [1.165, 1.54) is 24.5 Å². The molecule has 0 saturated heterocycles. The van der Waals surface area contributed by atoms with Crippen LogP contribution < -0.4 is 5.32 Å². The third kappa shape index (κ3) is 3.67. The van der Waals surface area contributed by atoms with Crippen LogP contribution >= 0.6 is 0 Å². The number of nitro benzene ring substituents is 1. The largest absolute Gasteiger partial charge is 0.424 e. The van der Waals surface area contributed by atoms with Crippen LogP contribution in [0.4, 0.5) is 11.7 Å². The molecule has 0 radical (unpaired) electrons. The summed E-state index contributed by atoms with van der Waals surface area (Å²) in [5.74, 6) is 0.0751. The molecule has 0 aliphatic carbocycles. The first-order valence-corrected chi connectivity index (χ1v) is 7.88. The van der Waals surface area contributed by atoms with Gasteiger partial charge in [0.05, 0.1) is 10.7 Å². The number of oxazole rings is 1. The predicted molar refractivity (Wildman–Crippen MR) is 73.5 cm³/mol. The van der Waals surface area contributed by atoms with Crippen molar-refractivity contribution in [2.75, 3.05) is 23.9 Å². The molecule has 20 heavy (non-hydrogen) atoms. The topological polar surface area (TPSA) is 115 Å². The van der Waals surface area contributed by atoms with Crippen LogP contribution in [0.25, 0.3) is 11.1 Å². The molecule has 0 atom stereocenters. The quantitative estimate of drug-likeness (QED) is 0.489. The zero-order valence-corrected chi connectivity index (χ0v) is 11.5. The molecule has 1 heterocycles. The van der Waals surface area contributed by atoms with E-state index in [-0.39, 0.29) is 17.5 Å². The van der Waals surface area contributed by atoms with Gasteiger partial charge in [0.1, 0.15) is 15.4 Å². The zero-order valence-electron chi connectivity index (χ0n) is 10.7. The molecule has 108 valence electrons. The van der Waals surface area contributed by atoms with Crippen molar-refractivity contribution in [1.29, 1.82) is 0 Å². The average molecular weight is 299 g/mol. The molecule has 0 amide bonds. The van der Waals surface area contributed by atoms with Crippen molar-refractivity contribution >= 4 is 32.6 Å². The Morgan fingerprint density at radius 3 is 2.85 bits per heavy atom. The summed E-state index contributed by atoms with van der Waals surface area (Å²) in [6, 6.07) is 4.35. The summed E-state index contributed by atoms with van der Waals surface area (Å²) < 4.78 is 27.2. The van der Waals surface area contributed by atoms with Gasteiger partial charge < -0.3 is 9.73 Å². The molecule has 0 saturated carbocycles. The Morgan fingerprint density at radius 2 is 2.20 bits per heavy atom. The van der Waals surface area contributed by atoms with Crippen LogP contribution in [0.1, 0.15) is 6.42 Å². The van der Waals surface area contributed by atoms with Crippen LogP contribution in [0.2, 0.25) is 0 Å². The predicted octanol–water partition coefficient (Wildman–Crippen LogP) is 1.58. The molecule has 0 aliphatic rings. The normalized spacial score (nSPS) is 11.7. The molecule has 0 bridgehead atoms. The second-order valence-electron chi connectivity index (χ2n) is 4.34. The van der Waals surface area contributed by atoms with Crippen LogP contribution in [-0.2, 0) is 9.84 Å². The lowest BCUT2D eigenvalue weighted by Crippen LogP contribution is -2.09. The number of sulfone groups is 1. The lowest BCUT2D eigenvalue weighted by molar-refractivity contribution is -0.384. The Morgan fingerprint density at radius 1 is 1.45 bits per heavy atom. The Hall–Kier alpha value is -2.16. The summed E-state index contributed by atoms with van der Waals surface area (Å²) in [5, 5.41) is 13.5. The van der Waals surface area contributed by atoms with Gasteiger partial charge >= 0.3 is 0 Å². The zero-order chi connectivity index (χ0) is 14.8. The number of hydrogen-bond acceptors (Lipinski definition) is 7. The van der Waals surface area contributed by atoms with Gasteiger partial charge in [0.15, 0.2) is 5.58 Å². The van der Waals surface area contributed by atoms with Gasteiger partial charge in [-0.05, 0) is 12.5 Å². The van der Waals surface area contributed by atoms with Crippen molar-refractivity contribution < 1.29 is 17.8 Å². The smallest absolute Gasteiger partial charge is 0.295 e. The van der Waals surface area contributed by atoms with E-state index in [2.05, 4.69) is 10.3 Å². The number of fused-ring (bicyclic) bond motifs is 1. The molecule has 0 spiro atoms. The van der Waals surface area contributed by atoms with Crippen LogP contribution in [0.3, 0.4) is 0 Å². The van der Waals surface area contributed by atoms with Crippen molar-refractivity contribution in [1.82, 2.24) is 4.98 Å². The van der Waals surface area contributed by atoms with Crippen molar-refractivity contribution in [3.63, 3.8) is 0 Å². The van der Waals surface area contributed by atoms with Crippen molar-refractivity contribution in [2.45, 2.75) is 6.42 Å². The third-order valence-electron chi connectivity index (χ3n) is 2.55. The first kappa shape index (κ1) is 14.3. The van der Waals surface area contributed by atoms with Crippen LogP contribution in [0, 0.1) is 10.1 Å². The Bertz CT molecular complexity index is 738.